The highest BCUT2D eigenvalue weighted by molar-refractivity contribution is 14.1. The van der Waals surface area contributed by atoms with Crippen LogP contribution in [0.1, 0.15) is 0 Å². The number of hydrogen-bond donors (Lipinski definition) is 2. The van der Waals surface area contributed by atoms with Crippen molar-refractivity contribution in [2.75, 3.05) is 11.1 Å². The van der Waals surface area contributed by atoms with E-state index in [0.717, 1.165) is 20.9 Å². The zero-order valence-corrected chi connectivity index (χ0v) is 14.6. The van der Waals surface area contributed by atoms with Gasteiger partial charge in [0.1, 0.15) is 5.82 Å². The molecule has 5 heteroatoms. The fraction of sp³-hybridized carbons (Fsp3) is 0. The maximum absolute atomic E-state index is 13.7. The molecule has 0 spiro atoms. The predicted molar refractivity (Wildman–Crippen MR) is 98.5 cm³/mol. The summed E-state index contributed by atoms with van der Waals surface area (Å²) in [6.07, 6.45) is 0. The van der Waals surface area contributed by atoms with E-state index in [2.05, 4.69) is 21.2 Å². The first-order chi connectivity index (χ1) is 10.1. The summed E-state index contributed by atoms with van der Waals surface area (Å²) in [5, 5.41) is 5.36. The Morgan fingerprint density at radius 3 is 2.48 bits per heavy atom. The van der Waals surface area contributed by atoms with Gasteiger partial charge < -0.3 is 11.1 Å². The first-order valence-corrected chi connectivity index (χ1v) is 8.12. The van der Waals surface area contributed by atoms with Gasteiger partial charge in [-0.2, -0.15) is 0 Å². The lowest BCUT2D eigenvalue weighted by atomic mass is 10.1. The quantitative estimate of drug-likeness (QED) is 0.385. The third kappa shape index (κ3) is 2.85. The number of nitrogen functional groups attached to an aromatic ring is 1. The maximum Gasteiger partial charge on any atom is 0.138 e. The molecule has 3 N–H and O–H groups in total. The van der Waals surface area contributed by atoms with Crippen molar-refractivity contribution in [2.24, 2.45) is 0 Å². The Morgan fingerprint density at radius 2 is 1.71 bits per heavy atom. The average molecular weight is 457 g/mol. The predicted octanol–water partition coefficient (Wildman–Crippen LogP) is 5.67. The van der Waals surface area contributed by atoms with Crippen molar-refractivity contribution < 1.29 is 4.39 Å². The number of benzene rings is 3. The molecular weight excluding hydrogens is 446 g/mol. The van der Waals surface area contributed by atoms with Crippen molar-refractivity contribution >= 4 is 66.4 Å². The molecule has 0 saturated heterocycles. The monoisotopic (exact) mass is 456 g/mol. The molecular formula is C16H11BrFIN2. The first-order valence-electron chi connectivity index (χ1n) is 6.25. The summed E-state index contributed by atoms with van der Waals surface area (Å²) in [6.45, 7) is 0. The summed E-state index contributed by atoms with van der Waals surface area (Å²) < 4.78 is 15.3. The van der Waals surface area contributed by atoms with E-state index in [1.165, 1.54) is 6.07 Å². The summed E-state index contributed by atoms with van der Waals surface area (Å²) >= 11 is 5.47. The van der Waals surface area contributed by atoms with E-state index in [9.17, 15) is 4.39 Å². The van der Waals surface area contributed by atoms with Gasteiger partial charge >= 0.3 is 0 Å². The van der Waals surface area contributed by atoms with E-state index in [1.54, 1.807) is 6.07 Å². The Kier molecular flexibility index (Phi) is 4.03. The highest BCUT2D eigenvalue weighted by Crippen LogP contribution is 2.34. The second-order valence-electron chi connectivity index (χ2n) is 4.62. The van der Waals surface area contributed by atoms with Crippen LogP contribution < -0.4 is 11.1 Å². The molecule has 0 amide bonds. The molecule has 3 rings (SSSR count). The molecule has 0 bridgehead atoms. The Balaban J connectivity index is 2.11. The average Bonchev–Trinajstić information content (AvgIpc) is 2.48. The van der Waals surface area contributed by atoms with E-state index in [1.807, 2.05) is 59.0 Å². The van der Waals surface area contributed by atoms with Crippen LogP contribution in [0.15, 0.2) is 53.0 Å². The van der Waals surface area contributed by atoms with Gasteiger partial charge in [-0.15, -0.1) is 0 Å². The lowest BCUT2D eigenvalue weighted by Gasteiger charge is -2.13. The number of rotatable bonds is 2. The number of nitrogens with one attached hydrogen (secondary N) is 1. The molecule has 0 fully saturated rings. The van der Waals surface area contributed by atoms with Crippen LogP contribution in [0.2, 0.25) is 0 Å². The zero-order chi connectivity index (χ0) is 15.0. The Bertz CT molecular complexity index is 836. The van der Waals surface area contributed by atoms with Gasteiger partial charge in [0.15, 0.2) is 0 Å². The first kappa shape index (κ1) is 14.6. The smallest absolute Gasteiger partial charge is 0.138 e. The molecule has 0 saturated carbocycles. The minimum absolute atomic E-state index is 0.284. The lowest BCUT2D eigenvalue weighted by Crippen LogP contribution is -1.99. The summed E-state index contributed by atoms with van der Waals surface area (Å²) in [7, 11) is 0. The number of nitrogens with two attached hydrogens (primary N) is 1. The largest absolute Gasteiger partial charge is 0.397 e. The SMILES string of the molecule is Nc1cc(I)c(F)cc1Nc1ccc(Br)c2ccccc12. The molecule has 0 aliphatic rings. The highest BCUT2D eigenvalue weighted by Gasteiger charge is 2.09. The van der Waals surface area contributed by atoms with Gasteiger partial charge in [0.25, 0.3) is 0 Å². The van der Waals surface area contributed by atoms with Crippen LogP contribution in [0.3, 0.4) is 0 Å². The van der Waals surface area contributed by atoms with E-state index < -0.39 is 0 Å². The van der Waals surface area contributed by atoms with Crippen LogP contribution in [0.4, 0.5) is 21.5 Å². The lowest BCUT2D eigenvalue weighted by molar-refractivity contribution is 0.621. The maximum atomic E-state index is 13.7. The number of fused-ring (bicyclic) bond motifs is 1. The third-order valence-electron chi connectivity index (χ3n) is 3.23. The summed E-state index contributed by atoms with van der Waals surface area (Å²) in [6, 6.07) is 15.0. The number of anilines is 3. The zero-order valence-electron chi connectivity index (χ0n) is 10.8. The molecule has 0 radical (unpaired) electrons. The summed E-state index contributed by atoms with van der Waals surface area (Å²) in [5.74, 6) is -0.284. The second kappa shape index (κ2) is 5.81. The molecule has 3 aromatic rings. The normalized spacial score (nSPS) is 10.8. The molecule has 106 valence electrons. The van der Waals surface area contributed by atoms with Crippen molar-refractivity contribution in [3.63, 3.8) is 0 Å². The van der Waals surface area contributed by atoms with Crippen LogP contribution in [0.5, 0.6) is 0 Å². The molecule has 0 atom stereocenters. The molecule has 0 aromatic heterocycles. The van der Waals surface area contributed by atoms with Gasteiger partial charge in [-0.1, -0.05) is 40.2 Å². The Hall–Kier alpha value is -1.34. The van der Waals surface area contributed by atoms with E-state index >= 15 is 0 Å². The molecule has 2 nitrogen and oxygen atoms in total. The summed E-state index contributed by atoms with van der Waals surface area (Å²) in [5.41, 5.74) is 7.95. The van der Waals surface area contributed by atoms with E-state index in [0.29, 0.717) is 14.9 Å². The van der Waals surface area contributed by atoms with Crippen molar-refractivity contribution in [2.45, 2.75) is 0 Å². The second-order valence-corrected chi connectivity index (χ2v) is 6.64. The van der Waals surface area contributed by atoms with Gasteiger partial charge in [0, 0.05) is 21.6 Å². The molecule has 0 aliphatic heterocycles. The van der Waals surface area contributed by atoms with Crippen LogP contribution in [0.25, 0.3) is 10.8 Å². The molecule has 0 aliphatic carbocycles. The Morgan fingerprint density at radius 1 is 1.00 bits per heavy atom. The van der Waals surface area contributed by atoms with Crippen LogP contribution in [-0.2, 0) is 0 Å². The molecule has 3 aromatic carbocycles. The highest BCUT2D eigenvalue weighted by atomic mass is 127. The minimum Gasteiger partial charge on any atom is -0.397 e. The Labute approximate surface area is 143 Å². The fourth-order valence-electron chi connectivity index (χ4n) is 2.19. The van der Waals surface area contributed by atoms with Crippen LogP contribution in [0, 0.1) is 9.39 Å². The standard InChI is InChI=1S/C16H11BrFIN2/c17-11-5-6-15(10-4-2-1-3-9(10)11)21-16-7-12(18)13(19)8-14(16)20/h1-8,21H,20H2. The number of hydrogen-bond acceptors (Lipinski definition) is 2. The van der Waals surface area contributed by atoms with Gasteiger partial charge in [0.2, 0.25) is 0 Å². The number of halogens is 3. The fourth-order valence-corrected chi connectivity index (χ4v) is 3.16. The van der Waals surface area contributed by atoms with E-state index in [4.69, 9.17) is 5.73 Å². The van der Waals surface area contributed by atoms with Crippen molar-refractivity contribution in [1.29, 1.82) is 0 Å². The van der Waals surface area contributed by atoms with E-state index in [-0.39, 0.29) is 5.82 Å². The topological polar surface area (TPSA) is 38.0 Å². The van der Waals surface area contributed by atoms with Gasteiger partial charge in [0.05, 0.1) is 14.9 Å². The van der Waals surface area contributed by atoms with Crippen molar-refractivity contribution in [3.8, 4) is 0 Å². The third-order valence-corrected chi connectivity index (χ3v) is 4.75. The van der Waals surface area contributed by atoms with Crippen LogP contribution in [-0.4, -0.2) is 0 Å². The molecule has 0 heterocycles. The van der Waals surface area contributed by atoms with Crippen molar-refractivity contribution in [1.82, 2.24) is 0 Å². The molecule has 0 unspecified atom stereocenters. The van der Waals surface area contributed by atoms with Crippen LogP contribution >= 0.6 is 38.5 Å². The van der Waals surface area contributed by atoms with Gasteiger partial charge in [-0.25, -0.2) is 4.39 Å². The van der Waals surface area contributed by atoms with Gasteiger partial charge in [-0.05, 0) is 46.2 Å². The van der Waals surface area contributed by atoms with Crippen molar-refractivity contribution in [3.05, 3.63) is 62.4 Å². The molecule has 21 heavy (non-hydrogen) atoms. The summed E-state index contributed by atoms with van der Waals surface area (Å²) in [4.78, 5) is 0. The van der Waals surface area contributed by atoms with Gasteiger partial charge in [-0.3, -0.25) is 0 Å². The minimum atomic E-state index is -0.284.